The Morgan fingerprint density at radius 1 is 1.35 bits per heavy atom. The number of amides is 2. The molecule has 5 nitrogen and oxygen atoms in total. The van der Waals surface area contributed by atoms with Crippen LogP contribution >= 0.6 is 15.9 Å². The maximum Gasteiger partial charge on any atom is 0.338 e. The lowest BCUT2D eigenvalue weighted by atomic mass is 10.2. The first kappa shape index (κ1) is 14.8. The summed E-state index contributed by atoms with van der Waals surface area (Å²) in [5.74, 6) is -0.370. The second-order valence-electron chi connectivity index (χ2n) is 4.54. The van der Waals surface area contributed by atoms with Crippen LogP contribution in [-0.2, 0) is 4.74 Å². The molecule has 2 amide bonds. The van der Waals surface area contributed by atoms with Gasteiger partial charge in [0.2, 0.25) is 0 Å². The van der Waals surface area contributed by atoms with E-state index in [0.717, 1.165) is 25.9 Å². The monoisotopic (exact) mass is 340 g/mol. The zero-order chi connectivity index (χ0) is 14.5. The van der Waals surface area contributed by atoms with Gasteiger partial charge in [-0.25, -0.2) is 9.59 Å². The molecule has 1 heterocycles. The minimum atomic E-state index is -0.370. The first-order chi connectivity index (χ1) is 9.61. The third-order valence-corrected chi connectivity index (χ3v) is 3.77. The van der Waals surface area contributed by atoms with Crippen LogP contribution in [-0.4, -0.2) is 36.6 Å². The molecule has 0 spiro atoms. The topological polar surface area (TPSA) is 58.6 Å². The molecule has 2 rings (SSSR count). The Morgan fingerprint density at radius 2 is 2.05 bits per heavy atom. The summed E-state index contributed by atoms with van der Waals surface area (Å²) in [6, 6.07) is 4.89. The van der Waals surface area contributed by atoms with E-state index in [0.29, 0.717) is 22.3 Å². The Bertz CT molecular complexity index is 513. The molecule has 1 aliphatic heterocycles. The van der Waals surface area contributed by atoms with Crippen molar-refractivity contribution in [3.63, 3.8) is 0 Å². The number of hydrogen-bond donors (Lipinski definition) is 1. The SMILES string of the molecule is CCOC(=O)c1ccc(NC(=O)N2CCCC2)c(Br)c1. The molecule has 1 N–H and O–H groups in total. The summed E-state index contributed by atoms with van der Waals surface area (Å²) in [6.07, 6.45) is 2.10. The van der Waals surface area contributed by atoms with Crippen molar-refractivity contribution < 1.29 is 14.3 Å². The van der Waals surface area contributed by atoms with Gasteiger partial charge in [-0.1, -0.05) is 0 Å². The molecular weight excluding hydrogens is 324 g/mol. The average molecular weight is 341 g/mol. The number of esters is 1. The van der Waals surface area contributed by atoms with E-state index in [-0.39, 0.29) is 12.0 Å². The summed E-state index contributed by atoms with van der Waals surface area (Å²) in [5, 5.41) is 2.84. The molecular formula is C14H17BrN2O3. The summed E-state index contributed by atoms with van der Waals surface area (Å²) in [5.41, 5.74) is 1.10. The van der Waals surface area contributed by atoms with Gasteiger partial charge in [-0.3, -0.25) is 0 Å². The molecule has 0 saturated carbocycles. The highest BCUT2D eigenvalue weighted by Gasteiger charge is 2.19. The van der Waals surface area contributed by atoms with Gasteiger partial charge in [0.15, 0.2) is 0 Å². The van der Waals surface area contributed by atoms with Gasteiger partial charge < -0.3 is 15.0 Å². The van der Waals surface area contributed by atoms with Gasteiger partial charge in [0.05, 0.1) is 17.9 Å². The van der Waals surface area contributed by atoms with E-state index in [2.05, 4.69) is 21.2 Å². The molecule has 1 aromatic carbocycles. The highest BCUT2D eigenvalue weighted by molar-refractivity contribution is 9.10. The second-order valence-corrected chi connectivity index (χ2v) is 5.39. The average Bonchev–Trinajstić information content (AvgIpc) is 2.95. The van der Waals surface area contributed by atoms with Crippen LogP contribution in [0.1, 0.15) is 30.1 Å². The number of hydrogen-bond acceptors (Lipinski definition) is 3. The summed E-state index contributed by atoms with van der Waals surface area (Å²) < 4.78 is 5.59. The van der Waals surface area contributed by atoms with Crippen molar-refractivity contribution in [2.75, 3.05) is 25.0 Å². The predicted octanol–water partition coefficient (Wildman–Crippen LogP) is 3.25. The standard InChI is InChI=1S/C14H17BrN2O3/c1-2-20-13(18)10-5-6-12(11(15)9-10)16-14(19)17-7-3-4-8-17/h5-6,9H,2-4,7-8H2,1H3,(H,16,19). The minimum absolute atomic E-state index is 0.105. The Kier molecular flexibility index (Phi) is 5.00. The van der Waals surface area contributed by atoms with Gasteiger partial charge >= 0.3 is 12.0 Å². The van der Waals surface area contributed by atoms with Gasteiger partial charge in [0.25, 0.3) is 0 Å². The van der Waals surface area contributed by atoms with Crippen LogP contribution in [0, 0.1) is 0 Å². The largest absolute Gasteiger partial charge is 0.462 e. The van der Waals surface area contributed by atoms with Crippen LogP contribution in [0.15, 0.2) is 22.7 Å². The van der Waals surface area contributed by atoms with Crippen molar-refractivity contribution in [3.8, 4) is 0 Å². The highest BCUT2D eigenvalue weighted by atomic mass is 79.9. The number of ether oxygens (including phenoxy) is 1. The van der Waals surface area contributed by atoms with Crippen molar-refractivity contribution in [1.82, 2.24) is 4.90 Å². The van der Waals surface area contributed by atoms with Crippen molar-refractivity contribution in [1.29, 1.82) is 0 Å². The van der Waals surface area contributed by atoms with Crippen LogP contribution in [0.4, 0.5) is 10.5 Å². The molecule has 0 radical (unpaired) electrons. The number of likely N-dealkylation sites (tertiary alicyclic amines) is 1. The lowest BCUT2D eigenvalue weighted by molar-refractivity contribution is 0.0526. The number of halogens is 1. The zero-order valence-corrected chi connectivity index (χ0v) is 12.9. The third kappa shape index (κ3) is 3.50. The summed E-state index contributed by atoms with van der Waals surface area (Å²) in [6.45, 7) is 3.69. The Morgan fingerprint density at radius 3 is 2.65 bits per heavy atom. The second kappa shape index (κ2) is 6.74. The summed E-state index contributed by atoms with van der Waals surface area (Å²) >= 11 is 3.36. The number of carbonyl (C=O) groups excluding carboxylic acids is 2. The fraction of sp³-hybridized carbons (Fsp3) is 0.429. The fourth-order valence-corrected chi connectivity index (χ4v) is 2.55. The van der Waals surface area contributed by atoms with Crippen LogP contribution < -0.4 is 5.32 Å². The van der Waals surface area contributed by atoms with Gasteiger partial charge in [-0.2, -0.15) is 0 Å². The molecule has 1 aliphatic rings. The Labute approximate surface area is 126 Å². The third-order valence-electron chi connectivity index (χ3n) is 3.12. The van der Waals surface area contributed by atoms with Gasteiger partial charge in [0, 0.05) is 17.6 Å². The minimum Gasteiger partial charge on any atom is -0.462 e. The molecule has 20 heavy (non-hydrogen) atoms. The van der Waals surface area contributed by atoms with Crippen molar-refractivity contribution >= 4 is 33.6 Å². The lowest BCUT2D eigenvalue weighted by Gasteiger charge is -2.17. The highest BCUT2D eigenvalue weighted by Crippen LogP contribution is 2.25. The van der Waals surface area contributed by atoms with E-state index >= 15 is 0 Å². The van der Waals surface area contributed by atoms with Crippen LogP contribution in [0.5, 0.6) is 0 Å². The molecule has 0 aliphatic carbocycles. The number of nitrogens with zero attached hydrogens (tertiary/aromatic N) is 1. The molecule has 6 heteroatoms. The number of benzene rings is 1. The molecule has 0 unspecified atom stereocenters. The molecule has 1 saturated heterocycles. The van der Waals surface area contributed by atoms with E-state index in [1.54, 1.807) is 30.0 Å². The number of nitrogens with one attached hydrogen (secondary N) is 1. The quantitative estimate of drug-likeness (QED) is 0.859. The molecule has 1 fully saturated rings. The molecule has 108 valence electrons. The van der Waals surface area contributed by atoms with E-state index in [9.17, 15) is 9.59 Å². The smallest absolute Gasteiger partial charge is 0.338 e. The number of carbonyl (C=O) groups is 2. The Balaban J connectivity index is 2.05. The molecule has 0 bridgehead atoms. The van der Waals surface area contributed by atoms with E-state index in [4.69, 9.17) is 4.74 Å². The Hall–Kier alpha value is -1.56. The fourth-order valence-electron chi connectivity index (χ4n) is 2.07. The zero-order valence-electron chi connectivity index (χ0n) is 11.3. The van der Waals surface area contributed by atoms with Gasteiger partial charge in [0.1, 0.15) is 0 Å². The van der Waals surface area contributed by atoms with E-state index in [1.807, 2.05) is 0 Å². The van der Waals surface area contributed by atoms with E-state index in [1.165, 1.54) is 0 Å². The van der Waals surface area contributed by atoms with Crippen LogP contribution in [0.2, 0.25) is 0 Å². The van der Waals surface area contributed by atoms with Gasteiger partial charge in [-0.05, 0) is 53.9 Å². The predicted molar refractivity (Wildman–Crippen MR) is 79.9 cm³/mol. The summed E-state index contributed by atoms with van der Waals surface area (Å²) in [4.78, 5) is 25.4. The first-order valence-electron chi connectivity index (χ1n) is 6.64. The van der Waals surface area contributed by atoms with Crippen LogP contribution in [0.25, 0.3) is 0 Å². The summed E-state index contributed by atoms with van der Waals surface area (Å²) in [7, 11) is 0. The maximum atomic E-state index is 12.0. The normalized spacial score (nSPS) is 14.2. The molecule has 1 aromatic rings. The lowest BCUT2D eigenvalue weighted by Crippen LogP contribution is -2.32. The maximum absolute atomic E-state index is 12.0. The van der Waals surface area contributed by atoms with Crippen molar-refractivity contribution in [2.24, 2.45) is 0 Å². The number of rotatable bonds is 3. The number of urea groups is 1. The number of anilines is 1. The molecule has 0 aromatic heterocycles. The van der Waals surface area contributed by atoms with E-state index < -0.39 is 0 Å². The van der Waals surface area contributed by atoms with Crippen molar-refractivity contribution in [3.05, 3.63) is 28.2 Å². The van der Waals surface area contributed by atoms with Crippen LogP contribution in [0.3, 0.4) is 0 Å². The first-order valence-corrected chi connectivity index (χ1v) is 7.43. The van der Waals surface area contributed by atoms with Crippen molar-refractivity contribution in [2.45, 2.75) is 19.8 Å². The van der Waals surface area contributed by atoms with Gasteiger partial charge in [-0.15, -0.1) is 0 Å². The molecule has 0 atom stereocenters.